The van der Waals surface area contributed by atoms with Gasteiger partial charge in [-0.3, -0.25) is 0 Å². The van der Waals surface area contributed by atoms with Crippen molar-refractivity contribution in [3.63, 3.8) is 0 Å². The first kappa shape index (κ1) is 16.7. The molecule has 2 heterocycles. The third kappa shape index (κ3) is 2.98. The average molecular weight is 340 g/mol. The van der Waals surface area contributed by atoms with Crippen molar-refractivity contribution >= 4 is 12.7 Å². The molecule has 1 aliphatic heterocycles. The maximum Gasteiger partial charge on any atom is 0.514 e. The summed E-state index contributed by atoms with van der Waals surface area (Å²) in [5.74, 6) is 0.821. The minimum absolute atomic E-state index is 0.289. The molecule has 0 amide bonds. The number of nitrogens with zero attached hydrogens (tertiary/aromatic N) is 2. The Morgan fingerprint density at radius 1 is 1.04 bits per heavy atom. The van der Waals surface area contributed by atoms with Gasteiger partial charge < -0.3 is 9.31 Å². The van der Waals surface area contributed by atoms with Crippen LogP contribution in [0.1, 0.15) is 52.3 Å². The quantitative estimate of drug-likeness (QED) is 0.803. The second-order valence-corrected chi connectivity index (χ2v) is 7.88. The first-order valence-electron chi connectivity index (χ1n) is 8.76. The molecule has 2 aliphatic rings. The van der Waals surface area contributed by atoms with Crippen LogP contribution in [-0.4, -0.2) is 28.3 Å². The summed E-state index contributed by atoms with van der Waals surface area (Å²) in [6, 6.07) is 8.46. The molecule has 130 valence electrons. The van der Waals surface area contributed by atoms with Gasteiger partial charge in [0.1, 0.15) is 11.6 Å². The van der Waals surface area contributed by atoms with E-state index in [-0.39, 0.29) is 5.82 Å². The van der Waals surface area contributed by atoms with Crippen LogP contribution in [0.15, 0.2) is 30.3 Å². The van der Waals surface area contributed by atoms with E-state index in [4.69, 9.17) is 9.31 Å². The highest BCUT2D eigenvalue weighted by molar-refractivity contribution is 6.61. The molecule has 1 saturated heterocycles. The zero-order chi connectivity index (χ0) is 17.8. The van der Waals surface area contributed by atoms with E-state index in [9.17, 15) is 4.39 Å². The molecule has 0 spiro atoms. The molecule has 6 heteroatoms. The van der Waals surface area contributed by atoms with E-state index in [0.717, 1.165) is 18.7 Å². The fourth-order valence-corrected chi connectivity index (χ4v) is 2.90. The van der Waals surface area contributed by atoms with E-state index in [1.807, 2.05) is 33.8 Å². The molecule has 1 aromatic heterocycles. The Kier molecular flexibility index (Phi) is 3.74. The topological polar surface area (TPSA) is 44.2 Å². The molecule has 0 bridgehead atoms. The Labute approximate surface area is 147 Å². The fourth-order valence-electron chi connectivity index (χ4n) is 2.90. The average Bonchev–Trinajstić information content (AvgIpc) is 3.35. The van der Waals surface area contributed by atoms with Crippen LogP contribution in [0, 0.1) is 5.82 Å². The normalized spacial score (nSPS) is 21.6. The molecule has 0 atom stereocenters. The Balaban J connectivity index is 1.77. The van der Waals surface area contributed by atoms with Crippen LogP contribution in [0.5, 0.6) is 0 Å². The van der Waals surface area contributed by atoms with Crippen LogP contribution < -0.4 is 5.59 Å². The number of benzene rings is 1. The molecule has 2 fully saturated rings. The highest BCUT2D eigenvalue weighted by Gasteiger charge is 2.52. The summed E-state index contributed by atoms with van der Waals surface area (Å²) < 4.78 is 26.5. The summed E-state index contributed by atoms with van der Waals surface area (Å²) >= 11 is 0. The minimum atomic E-state index is -0.573. The zero-order valence-electron chi connectivity index (χ0n) is 15.0. The lowest BCUT2D eigenvalue weighted by atomic mass is 9.83. The van der Waals surface area contributed by atoms with Gasteiger partial charge in [0.25, 0.3) is 0 Å². The first-order valence-corrected chi connectivity index (χ1v) is 8.76. The maximum atomic E-state index is 14.3. The third-order valence-corrected chi connectivity index (χ3v) is 5.35. The van der Waals surface area contributed by atoms with E-state index in [1.165, 1.54) is 6.07 Å². The van der Waals surface area contributed by atoms with Gasteiger partial charge in [-0.25, -0.2) is 14.4 Å². The van der Waals surface area contributed by atoms with Crippen molar-refractivity contribution in [2.45, 2.75) is 57.7 Å². The van der Waals surface area contributed by atoms with Crippen molar-refractivity contribution < 1.29 is 13.7 Å². The van der Waals surface area contributed by atoms with Crippen LogP contribution >= 0.6 is 0 Å². The minimum Gasteiger partial charge on any atom is -0.398 e. The third-order valence-electron chi connectivity index (χ3n) is 5.35. The predicted molar refractivity (Wildman–Crippen MR) is 95.1 cm³/mol. The summed E-state index contributed by atoms with van der Waals surface area (Å²) in [4.78, 5) is 9.29. The summed E-state index contributed by atoms with van der Waals surface area (Å²) in [5.41, 5.74) is 0.833. The van der Waals surface area contributed by atoms with Crippen LogP contribution in [0.2, 0.25) is 0 Å². The lowest BCUT2D eigenvalue weighted by Crippen LogP contribution is -2.41. The molecule has 4 nitrogen and oxygen atoms in total. The van der Waals surface area contributed by atoms with Crippen LogP contribution in [-0.2, 0) is 9.31 Å². The smallest absolute Gasteiger partial charge is 0.398 e. The molecule has 2 aromatic rings. The summed E-state index contributed by atoms with van der Waals surface area (Å²) in [7, 11) is -0.573. The van der Waals surface area contributed by atoms with Gasteiger partial charge in [-0.1, -0.05) is 12.1 Å². The van der Waals surface area contributed by atoms with E-state index in [0.29, 0.717) is 22.8 Å². The zero-order valence-corrected chi connectivity index (χ0v) is 15.0. The summed E-state index contributed by atoms with van der Waals surface area (Å²) in [5, 5.41) is 0. The van der Waals surface area contributed by atoms with Crippen LogP contribution in [0.25, 0.3) is 11.3 Å². The Bertz CT molecular complexity index is 805. The highest BCUT2D eigenvalue weighted by atomic mass is 19.1. The molecule has 25 heavy (non-hydrogen) atoms. The fraction of sp³-hybridized carbons (Fsp3) is 0.474. The Hall–Kier alpha value is -1.79. The number of halogens is 1. The predicted octanol–water partition coefficient (Wildman–Crippen LogP) is 3.46. The van der Waals surface area contributed by atoms with E-state index in [1.54, 1.807) is 18.2 Å². The van der Waals surface area contributed by atoms with Crippen molar-refractivity contribution in [1.82, 2.24) is 9.97 Å². The van der Waals surface area contributed by atoms with Crippen molar-refractivity contribution in [3.05, 3.63) is 42.0 Å². The van der Waals surface area contributed by atoms with Gasteiger partial charge in [-0.2, -0.15) is 0 Å². The van der Waals surface area contributed by atoms with Crippen molar-refractivity contribution in [3.8, 4) is 11.3 Å². The van der Waals surface area contributed by atoms with Gasteiger partial charge in [-0.15, -0.1) is 0 Å². The SMILES string of the molecule is CC1(C)OB(c2cc(-c3ccccc3F)nc(C3CC3)n2)OC1(C)C. The molecule has 0 radical (unpaired) electrons. The van der Waals surface area contributed by atoms with Gasteiger partial charge in [0.05, 0.1) is 22.5 Å². The highest BCUT2D eigenvalue weighted by Crippen LogP contribution is 2.39. The molecule has 4 rings (SSSR count). The summed E-state index contributed by atoms with van der Waals surface area (Å²) in [6.07, 6.45) is 2.15. The molecular weight excluding hydrogens is 318 g/mol. The summed E-state index contributed by atoms with van der Waals surface area (Å²) in [6.45, 7) is 8.03. The monoisotopic (exact) mass is 340 g/mol. The van der Waals surface area contributed by atoms with Gasteiger partial charge in [0, 0.05) is 11.5 Å². The van der Waals surface area contributed by atoms with Crippen LogP contribution in [0.4, 0.5) is 4.39 Å². The molecule has 1 aromatic carbocycles. The first-order chi connectivity index (χ1) is 11.8. The van der Waals surface area contributed by atoms with Crippen molar-refractivity contribution in [1.29, 1.82) is 0 Å². The lowest BCUT2D eigenvalue weighted by molar-refractivity contribution is 0.00578. The molecule has 1 aliphatic carbocycles. The van der Waals surface area contributed by atoms with Gasteiger partial charge in [0.2, 0.25) is 0 Å². The Morgan fingerprint density at radius 2 is 1.68 bits per heavy atom. The molecular formula is C19H22BFN2O2. The van der Waals surface area contributed by atoms with Crippen LogP contribution in [0.3, 0.4) is 0 Å². The number of hydrogen-bond acceptors (Lipinski definition) is 4. The largest absolute Gasteiger partial charge is 0.514 e. The molecule has 0 N–H and O–H groups in total. The van der Waals surface area contributed by atoms with E-state index in [2.05, 4.69) is 9.97 Å². The van der Waals surface area contributed by atoms with E-state index < -0.39 is 18.3 Å². The van der Waals surface area contributed by atoms with Gasteiger partial charge in [-0.05, 0) is 58.7 Å². The standard InChI is InChI=1S/C19H22BFN2O2/c1-18(2)19(3,4)25-20(24-18)16-11-15(13-7-5-6-8-14(13)21)22-17(23-16)12-9-10-12/h5-8,11-12H,9-10H2,1-4H3. The molecule has 1 saturated carbocycles. The number of rotatable bonds is 3. The number of aromatic nitrogens is 2. The van der Waals surface area contributed by atoms with Gasteiger partial charge in [0.15, 0.2) is 0 Å². The van der Waals surface area contributed by atoms with Crippen molar-refractivity contribution in [2.75, 3.05) is 0 Å². The maximum absolute atomic E-state index is 14.3. The van der Waals surface area contributed by atoms with E-state index >= 15 is 0 Å². The van der Waals surface area contributed by atoms with Gasteiger partial charge >= 0.3 is 7.12 Å². The lowest BCUT2D eigenvalue weighted by Gasteiger charge is -2.32. The van der Waals surface area contributed by atoms with Crippen molar-refractivity contribution in [2.24, 2.45) is 0 Å². The second-order valence-electron chi connectivity index (χ2n) is 7.88. The Morgan fingerprint density at radius 3 is 2.28 bits per heavy atom. The molecule has 0 unspecified atom stereocenters. The number of hydrogen-bond donors (Lipinski definition) is 0. The second kappa shape index (κ2) is 5.61.